The minimum Gasteiger partial charge on any atom is -0.514 e. The number of nitrogens with two attached hydrogens (primary N) is 1. The topological polar surface area (TPSA) is 84.6 Å². The van der Waals surface area contributed by atoms with Crippen molar-refractivity contribution in [1.29, 1.82) is 0 Å². The van der Waals surface area contributed by atoms with E-state index >= 15 is 0 Å². The second-order valence-electron chi connectivity index (χ2n) is 4.24. The largest absolute Gasteiger partial charge is 0.514 e. The molecule has 0 aliphatic rings. The van der Waals surface area contributed by atoms with Crippen LogP contribution in [-0.2, 0) is 4.74 Å². The highest BCUT2D eigenvalue weighted by molar-refractivity contribution is 5.68. The van der Waals surface area contributed by atoms with Crippen LogP contribution in [-0.4, -0.2) is 22.8 Å². The van der Waals surface area contributed by atoms with Crippen molar-refractivity contribution in [1.82, 2.24) is 5.32 Å². The zero-order chi connectivity index (χ0) is 12.8. The van der Waals surface area contributed by atoms with Crippen LogP contribution in [0.1, 0.15) is 27.2 Å². The minimum atomic E-state index is -0.627. The number of alkyl carbamates (subject to hydrolysis) is 1. The maximum absolute atomic E-state index is 11.4. The van der Waals surface area contributed by atoms with Gasteiger partial charge in [-0.1, -0.05) is 0 Å². The van der Waals surface area contributed by atoms with Crippen LogP contribution in [0.2, 0.25) is 0 Å². The summed E-state index contributed by atoms with van der Waals surface area (Å²) in [6, 6.07) is -0.621. The summed E-state index contributed by atoms with van der Waals surface area (Å²) in [5.74, 6) is 2.35. The van der Waals surface area contributed by atoms with Gasteiger partial charge in [-0.3, -0.25) is 0 Å². The van der Waals surface area contributed by atoms with Gasteiger partial charge in [-0.2, -0.15) is 0 Å². The molecule has 0 radical (unpaired) electrons. The number of amides is 1. The average Bonchev–Trinajstić information content (AvgIpc) is 2.13. The maximum atomic E-state index is 11.4. The number of hydrogen-bond acceptors (Lipinski definition) is 4. The molecule has 0 aromatic rings. The molecule has 16 heavy (non-hydrogen) atoms. The molecule has 0 rings (SSSR count). The van der Waals surface area contributed by atoms with Crippen molar-refractivity contribution < 1.29 is 14.6 Å². The third-order valence-electron chi connectivity index (χ3n) is 1.56. The molecule has 0 aromatic carbocycles. The summed E-state index contributed by atoms with van der Waals surface area (Å²) >= 11 is 0. The number of carbonyl (C=O) groups is 1. The summed E-state index contributed by atoms with van der Waals surface area (Å²) in [6.07, 6.45) is 5.38. The lowest BCUT2D eigenvalue weighted by Crippen LogP contribution is -2.41. The zero-order valence-electron chi connectivity index (χ0n) is 9.78. The number of terminal acetylenes is 1. The predicted molar refractivity (Wildman–Crippen MR) is 61.5 cm³/mol. The van der Waals surface area contributed by atoms with Crippen molar-refractivity contribution in [3.8, 4) is 12.3 Å². The quantitative estimate of drug-likeness (QED) is 0.499. The number of aliphatic hydroxyl groups is 1. The molecule has 0 saturated heterocycles. The predicted octanol–water partition coefficient (Wildman–Crippen LogP) is 1.26. The zero-order valence-corrected chi connectivity index (χ0v) is 9.78. The summed E-state index contributed by atoms with van der Waals surface area (Å²) in [5.41, 5.74) is 4.95. The van der Waals surface area contributed by atoms with E-state index in [4.69, 9.17) is 22.0 Å². The number of nitrogens with one attached hydrogen (secondary N) is 1. The second kappa shape index (κ2) is 5.91. The lowest BCUT2D eigenvalue weighted by molar-refractivity contribution is 0.0512. The highest BCUT2D eigenvalue weighted by Crippen LogP contribution is 2.08. The van der Waals surface area contributed by atoms with E-state index in [1.165, 1.54) is 0 Å². The first-order valence-electron chi connectivity index (χ1n) is 4.83. The fraction of sp³-hybridized carbons (Fsp3) is 0.545. The van der Waals surface area contributed by atoms with Gasteiger partial charge in [-0.25, -0.2) is 4.79 Å². The first-order chi connectivity index (χ1) is 7.30. The molecule has 90 valence electrons. The number of ether oxygens (including phenoxy) is 1. The van der Waals surface area contributed by atoms with Crippen LogP contribution in [0.25, 0.3) is 0 Å². The van der Waals surface area contributed by atoms with Crippen molar-refractivity contribution in [3.63, 3.8) is 0 Å². The maximum Gasteiger partial charge on any atom is 0.408 e. The Morgan fingerprint density at radius 2 is 2.25 bits per heavy atom. The molecule has 0 saturated carbocycles. The highest BCUT2D eigenvalue weighted by atomic mass is 16.6. The normalized spacial score (nSPS) is 13.8. The molecule has 0 aromatic heterocycles. The lowest BCUT2D eigenvalue weighted by Gasteiger charge is -2.22. The smallest absolute Gasteiger partial charge is 0.408 e. The number of hydrogen-bond donors (Lipinski definition) is 3. The standard InChI is InChI=1S/C11H18N2O3/c1-5-6-9(8(12)7-14)13-10(15)16-11(2,3)4/h1,7,9,14H,6,12H2,2-4H3,(H,13,15)/b8-7-. The molecule has 0 bridgehead atoms. The van der Waals surface area contributed by atoms with Gasteiger partial charge in [-0.05, 0) is 20.8 Å². The molecule has 1 atom stereocenters. The molecule has 0 aliphatic carbocycles. The molecule has 5 heteroatoms. The van der Waals surface area contributed by atoms with Gasteiger partial charge in [0.25, 0.3) is 0 Å². The molecular formula is C11H18N2O3. The van der Waals surface area contributed by atoms with E-state index in [9.17, 15) is 4.79 Å². The van der Waals surface area contributed by atoms with Crippen molar-refractivity contribution in [3.05, 3.63) is 12.0 Å². The molecule has 0 fully saturated rings. The summed E-state index contributed by atoms with van der Waals surface area (Å²) in [4.78, 5) is 11.4. The van der Waals surface area contributed by atoms with Crippen LogP contribution in [0, 0.1) is 12.3 Å². The summed E-state index contributed by atoms with van der Waals surface area (Å²) < 4.78 is 5.03. The first-order valence-corrected chi connectivity index (χ1v) is 4.83. The van der Waals surface area contributed by atoms with Gasteiger partial charge < -0.3 is 20.9 Å². The Kier molecular flexibility index (Phi) is 5.23. The van der Waals surface area contributed by atoms with Gasteiger partial charge in [0.1, 0.15) is 11.9 Å². The first kappa shape index (κ1) is 14.2. The van der Waals surface area contributed by atoms with E-state index in [1.54, 1.807) is 20.8 Å². The summed E-state index contributed by atoms with van der Waals surface area (Å²) in [7, 11) is 0. The van der Waals surface area contributed by atoms with Gasteiger partial charge >= 0.3 is 6.09 Å². The minimum absolute atomic E-state index is 0.0869. The fourth-order valence-electron chi connectivity index (χ4n) is 0.910. The van der Waals surface area contributed by atoms with E-state index in [0.29, 0.717) is 6.26 Å². The van der Waals surface area contributed by atoms with Crippen LogP contribution in [0.4, 0.5) is 4.79 Å². The third-order valence-corrected chi connectivity index (χ3v) is 1.56. The van der Waals surface area contributed by atoms with Crippen LogP contribution >= 0.6 is 0 Å². The third kappa shape index (κ3) is 5.81. The van der Waals surface area contributed by atoms with E-state index < -0.39 is 17.7 Å². The van der Waals surface area contributed by atoms with Crippen LogP contribution in [0.15, 0.2) is 12.0 Å². The second-order valence-corrected chi connectivity index (χ2v) is 4.24. The number of aliphatic hydroxyl groups excluding tert-OH is 1. The molecule has 5 nitrogen and oxygen atoms in total. The molecule has 0 spiro atoms. The Balaban J connectivity index is 4.43. The Morgan fingerprint density at radius 3 is 2.62 bits per heavy atom. The van der Waals surface area contributed by atoms with Crippen LogP contribution in [0.5, 0.6) is 0 Å². The molecule has 0 heterocycles. The van der Waals surface area contributed by atoms with Gasteiger partial charge in [-0.15, -0.1) is 12.3 Å². The van der Waals surface area contributed by atoms with Crippen molar-refractivity contribution >= 4 is 6.09 Å². The summed E-state index contributed by atoms with van der Waals surface area (Å²) in [6.45, 7) is 5.23. The molecule has 4 N–H and O–H groups in total. The molecule has 1 unspecified atom stereocenters. The van der Waals surface area contributed by atoms with Gasteiger partial charge in [0.05, 0.1) is 11.7 Å². The molecular weight excluding hydrogens is 208 g/mol. The summed E-state index contributed by atoms with van der Waals surface area (Å²) in [5, 5.41) is 11.2. The lowest BCUT2D eigenvalue weighted by atomic mass is 10.1. The fourth-order valence-corrected chi connectivity index (χ4v) is 0.910. The number of carbonyl (C=O) groups excluding carboxylic acids is 1. The average molecular weight is 226 g/mol. The van der Waals surface area contributed by atoms with Gasteiger partial charge in [0, 0.05) is 6.42 Å². The van der Waals surface area contributed by atoms with Gasteiger partial charge in [0.2, 0.25) is 0 Å². The Labute approximate surface area is 95.7 Å². The molecule has 1 amide bonds. The monoisotopic (exact) mass is 226 g/mol. The van der Waals surface area contributed by atoms with E-state index in [0.717, 1.165) is 0 Å². The van der Waals surface area contributed by atoms with E-state index in [2.05, 4.69) is 11.2 Å². The Morgan fingerprint density at radius 1 is 1.69 bits per heavy atom. The van der Waals surface area contributed by atoms with Crippen molar-refractivity contribution in [2.45, 2.75) is 38.8 Å². The van der Waals surface area contributed by atoms with E-state index in [1.807, 2.05) is 0 Å². The van der Waals surface area contributed by atoms with Crippen LogP contribution in [0.3, 0.4) is 0 Å². The van der Waals surface area contributed by atoms with E-state index in [-0.39, 0.29) is 12.1 Å². The molecule has 0 aliphatic heterocycles. The van der Waals surface area contributed by atoms with Crippen molar-refractivity contribution in [2.24, 2.45) is 5.73 Å². The Hall–Kier alpha value is -1.83. The SMILES string of the molecule is C#CCC(NC(=O)OC(C)(C)C)/C(N)=C/O. The number of rotatable bonds is 3. The highest BCUT2D eigenvalue weighted by Gasteiger charge is 2.20. The van der Waals surface area contributed by atoms with Gasteiger partial charge in [0.15, 0.2) is 0 Å². The van der Waals surface area contributed by atoms with Crippen molar-refractivity contribution in [2.75, 3.05) is 0 Å². The van der Waals surface area contributed by atoms with Crippen LogP contribution < -0.4 is 11.1 Å². The Bertz CT molecular complexity index is 310.